The lowest BCUT2D eigenvalue weighted by Gasteiger charge is -2.13. The van der Waals surface area contributed by atoms with Crippen molar-refractivity contribution in [2.45, 2.75) is 45.1 Å². The fourth-order valence-electron chi connectivity index (χ4n) is 1.70. The lowest BCUT2D eigenvalue weighted by molar-refractivity contribution is -0.121. The van der Waals surface area contributed by atoms with Gasteiger partial charge in [-0.3, -0.25) is 9.59 Å². The third-order valence-electron chi connectivity index (χ3n) is 2.86. The van der Waals surface area contributed by atoms with Gasteiger partial charge < -0.3 is 10.6 Å². The minimum Gasteiger partial charge on any atom is -0.356 e. The molecule has 4 nitrogen and oxygen atoms in total. The first kappa shape index (κ1) is 19.6. The number of hydrogen-bond acceptors (Lipinski definition) is 4. The molecular weight excluding hydrogens is 292 g/mol. The number of unbranched alkanes of at least 4 members (excludes halogenated alkanes) is 1. The van der Waals surface area contributed by atoms with Gasteiger partial charge in [0.1, 0.15) is 0 Å². The van der Waals surface area contributed by atoms with E-state index < -0.39 is 0 Å². The molecule has 0 aromatic rings. The van der Waals surface area contributed by atoms with E-state index in [0.29, 0.717) is 12.8 Å². The maximum Gasteiger partial charge on any atom is 0.221 e. The molecule has 0 aliphatic rings. The van der Waals surface area contributed by atoms with Gasteiger partial charge in [0.2, 0.25) is 11.8 Å². The molecule has 20 heavy (non-hydrogen) atoms. The summed E-state index contributed by atoms with van der Waals surface area (Å²) in [6.45, 7) is 2.77. The Kier molecular flexibility index (Phi) is 13.4. The second-order valence-corrected chi connectivity index (χ2v) is 6.77. The summed E-state index contributed by atoms with van der Waals surface area (Å²) in [4.78, 5) is 22.9. The summed E-state index contributed by atoms with van der Waals surface area (Å²) < 4.78 is 0. The molecular formula is C14H28N2O2S2. The number of amides is 2. The maximum absolute atomic E-state index is 11.5. The van der Waals surface area contributed by atoms with Gasteiger partial charge >= 0.3 is 0 Å². The molecule has 0 aliphatic heterocycles. The molecule has 2 amide bonds. The van der Waals surface area contributed by atoms with Crippen LogP contribution in [0.3, 0.4) is 0 Å². The molecule has 0 aromatic carbocycles. The van der Waals surface area contributed by atoms with Crippen molar-refractivity contribution < 1.29 is 9.59 Å². The van der Waals surface area contributed by atoms with Crippen LogP contribution in [0.4, 0.5) is 0 Å². The lowest BCUT2D eigenvalue weighted by Crippen LogP contribution is -2.32. The van der Waals surface area contributed by atoms with E-state index in [2.05, 4.69) is 10.6 Å². The summed E-state index contributed by atoms with van der Waals surface area (Å²) in [5, 5.41) is 5.92. The number of hydrogen-bond donors (Lipinski definition) is 2. The van der Waals surface area contributed by atoms with E-state index >= 15 is 0 Å². The van der Waals surface area contributed by atoms with Crippen LogP contribution >= 0.6 is 23.5 Å². The molecule has 0 fully saturated rings. The molecule has 0 radical (unpaired) electrons. The van der Waals surface area contributed by atoms with Gasteiger partial charge in [-0.05, 0) is 38.7 Å². The van der Waals surface area contributed by atoms with Crippen LogP contribution in [0.15, 0.2) is 0 Å². The first-order valence-electron chi connectivity index (χ1n) is 7.14. The number of rotatable bonds is 12. The second kappa shape index (κ2) is 13.6. The van der Waals surface area contributed by atoms with E-state index in [0.717, 1.165) is 37.3 Å². The molecule has 1 atom stereocenters. The normalized spacial score (nSPS) is 11.9. The predicted octanol–water partition coefficient (Wildman–Crippen LogP) is 2.28. The molecule has 2 N–H and O–H groups in total. The van der Waals surface area contributed by atoms with Crippen LogP contribution in [-0.4, -0.2) is 48.4 Å². The Labute approximate surface area is 131 Å². The van der Waals surface area contributed by atoms with Crippen molar-refractivity contribution in [3.05, 3.63) is 0 Å². The SMILES string of the molecule is CSCCC(=O)NCCCCC(C)NC(=O)CCSC. The van der Waals surface area contributed by atoms with Crippen LogP contribution < -0.4 is 10.6 Å². The molecule has 0 aromatic heterocycles. The van der Waals surface area contributed by atoms with Crippen LogP contribution in [0, 0.1) is 0 Å². The number of carbonyl (C=O) groups is 2. The van der Waals surface area contributed by atoms with Gasteiger partial charge in [-0.1, -0.05) is 0 Å². The Morgan fingerprint density at radius 3 is 2.20 bits per heavy atom. The van der Waals surface area contributed by atoms with Gasteiger partial charge in [-0.25, -0.2) is 0 Å². The maximum atomic E-state index is 11.5. The number of carbonyl (C=O) groups excluding carboxylic acids is 2. The summed E-state index contributed by atoms with van der Waals surface area (Å²) >= 11 is 3.37. The molecule has 6 heteroatoms. The average Bonchev–Trinajstić information content (AvgIpc) is 2.42. The third kappa shape index (κ3) is 12.7. The highest BCUT2D eigenvalue weighted by Crippen LogP contribution is 2.02. The quantitative estimate of drug-likeness (QED) is 0.542. The molecule has 118 valence electrons. The van der Waals surface area contributed by atoms with E-state index in [1.807, 2.05) is 19.4 Å². The molecule has 0 aliphatic carbocycles. The smallest absolute Gasteiger partial charge is 0.221 e. The molecule has 0 saturated carbocycles. The fourth-order valence-corrected chi connectivity index (χ4v) is 2.48. The molecule has 1 unspecified atom stereocenters. The standard InChI is InChI=1S/C14H28N2O2S2/c1-12(16-14(18)8-11-20-3)6-4-5-9-15-13(17)7-10-19-2/h12H,4-11H2,1-3H3,(H,15,17)(H,16,18). The monoisotopic (exact) mass is 320 g/mol. The molecule has 0 heterocycles. The number of thioether (sulfide) groups is 2. The zero-order chi connectivity index (χ0) is 15.2. The van der Waals surface area contributed by atoms with Crippen LogP contribution in [-0.2, 0) is 9.59 Å². The molecule has 0 bridgehead atoms. The van der Waals surface area contributed by atoms with Gasteiger partial charge in [-0.15, -0.1) is 0 Å². The van der Waals surface area contributed by atoms with Crippen molar-refractivity contribution >= 4 is 35.3 Å². The highest BCUT2D eigenvalue weighted by molar-refractivity contribution is 7.98. The van der Waals surface area contributed by atoms with E-state index in [1.165, 1.54) is 0 Å². The largest absolute Gasteiger partial charge is 0.356 e. The van der Waals surface area contributed by atoms with Crippen molar-refractivity contribution in [3.63, 3.8) is 0 Å². The van der Waals surface area contributed by atoms with Crippen LogP contribution in [0.5, 0.6) is 0 Å². The van der Waals surface area contributed by atoms with Crippen molar-refractivity contribution in [2.75, 3.05) is 30.6 Å². The summed E-state index contributed by atoms with van der Waals surface area (Å²) in [5.41, 5.74) is 0. The van der Waals surface area contributed by atoms with Gasteiger partial charge in [0, 0.05) is 36.9 Å². The summed E-state index contributed by atoms with van der Waals surface area (Å²) in [6.07, 6.45) is 8.15. The Bertz CT molecular complexity index is 276. The topological polar surface area (TPSA) is 58.2 Å². The van der Waals surface area contributed by atoms with E-state index in [9.17, 15) is 9.59 Å². The highest BCUT2D eigenvalue weighted by Gasteiger charge is 2.06. The summed E-state index contributed by atoms with van der Waals surface area (Å²) in [5.74, 6) is 2.03. The van der Waals surface area contributed by atoms with E-state index in [4.69, 9.17) is 0 Å². The first-order valence-corrected chi connectivity index (χ1v) is 9.92. The Morgan fingerprint density at radius 2 is 1.60 bits per heavy atom. The highest BCUT2D eigenvalue weighted by atomic mass is 32.2. The van der Waals surface area contributed by atoms with Crippen molar-refractivity contribution in [2.24, 2.45) is 0 Å². The van der Waals surface area contributed by atoms with E-state index in [-0.39, 0.29) is 17.9 Å². The summed E-state index contributed by atoms with van der Waals surface area (Å²) in [6, 6.07) is 0.219. The van der Waals surface area contributed by atoms with Crippen molar-refractivity contribution in [1.29, 1.82) is 0 Å². The zero-order valence-electron chi connectivity index (χ0n) is 12.9. The van der Waals surface area contributed by atoms with Crippen LogP contribution in [0.1, 0.15) is 39.0 Å². The lowest BCUT2D eigenvalue weighted by atomic mass is 10.1. The Hall–Kier alpha value is -0.360. The van der Waals surface area contributed by atoms with E-state index in [1.54, 1.807) is 23.5 Å². The Morgan fingerprint density at radius 1 is 1.00 bits per heavy atom. The minimum absolute atomic E-state index is 0.136. The zero-order valence-corrected chi connectivity index (χ0v) is 14.5. The van der Waals surface area contributed by atoms with Crippen molar-refractivity contribution in [3.8, 4) is 0 Å². The second-order valence-electron chi connectivity index (χ2n) is 4.80. The molecule has 0 saturated heterocycles. The third-order valence-corrected chi connectivity index (χ3v) is 4.08. The van der Waals surface area contributed by atoms with Gasteiger partial charge in [-0.2, -0.15) is 23.5 Å². The van der Waals surface area contributed by atoms with Crippen LogP contribution in [0.2, 0.25) is 0 Å². The minimum atomic E-state index is 0.136. The van der Waals surface area contributed by atoms with Crippen LogP contribution in [0.25, 0.3) is 0 Å². The summed E-state index contributed by atoms with van der Waals surface area (Å²) in [7, 11) is 0. The van der Waals surface area contributed by atoms with Gasteiger partial charge in [0.25, 0.3) is 0 Å². The average molecular weight is 321 g/mol. The van der Waals surface area contributed by atoms with Crippen molar-refractivity contribution in [1.82, 2.24) is 10.6 Å². The van der Waals surface area contributed by atoms with Gasteiger partial charge in [0.15, 0.2) is 0 Å². The fraction of sp³-hybridized carbons (Fsp3) is 0.857. The predicted molar refractivity (Wildman–Crippen MR) is 90.5 cm³/mol. The first-order chi connectivity index (χ1) is 9.60. The van der Waals surface area contributed by atoms with Gasteiger partial charge in [0.05, 0.1) is 0 Å². The molecule has 0 spiro atoms. The molecule has 0 rings (SSSR count). The number of nitrogens with one attached hydrogen (secondary N) is 2. The Balaban J connectivity index is 3.45.